The SMILES string of the molecule is CCc1c(C2CC3CCC(C2)N3C(=O)C(=N)N=C(C)N)nc2c(-c3ccc(-c4ccc(OC)cc4)nc3)cnn2c1N. The molecule has 216 valence electrons. The molecule has 0 aliphatic carbocycles. The maximum absolute atomic E-state index is 13.1. The third kappa shape index (κ3) is 4.74. The number of benzene rings is 1. The van der Waals surface area contributed by atoms with Crippen LogP contribution in [0.1, 0.15) is 56.7 Å². The summed E-state index contributed by atoms with van der Waals surface area (Å²) >= 11 is 0. The minimum absolute atomic E-state index is 0.0258. The van der Waals surface area contributed by atoms with Crippen LogP contribution < -0.4 is 16.2 Å². The summed E-state index contributed by atoms with van der Waals surface area (Å²) in [4.78, 5) is 28.7. The molecule has 2 aliphatic heterocycles. The number of nitrogens with one attached hydrogen (secondary N) is 1. The lowest BCUT2D eigenvalue weighted by molar-refractivity contribution is -0.128. The van der Waals surface area contributed by atoms with Gasteiger partial charge in [0.15, 0.2) is 5.65 Å². The van der Waals surface area contributed by atoms with Crippen LogP contribution in [0.15, 0.2) is 53.8 Å². The fraction of sp³-hybridized carbons (Fsp3) is 0.355. The van der Waals surface area contributed by atoms with Crippen molar-refractivity contribution in [1.82, 2.24) is 24.5 Å². The van der Waals surface area contributed by atoms with Gasteiger partial charge in [-0.1, -0.05) is 13.0 Å². The summed E-state index contributed by atoms with van der Waals surface area (Å²) in [7, 11) is 1.65. The first kappa shape index (κ1) is 27.4. The van der Waals surface area contributed by atoms with Crippen molar-refractivity contribution in [3.05, 3.63) is 60.0 Å². The van der Waals surface area contributed by atoms with Crippen molar-refractivity contribution >= 4 is 29.0 Å². The molecular formula is C31H35N9O2. The van der Waals surface area contributed by atoms with Crippen molar-refractivity contribution in [2.75, 3.05) is 12.8 Å². The number of amides is 1. The molecule has 0 spiro atoms. The van der Waals surface area contributed by atoms with E-state index in [-0.39, 0.29) is 35.6 Å². The van der Waals surface area contributed by atoms with E-state index in [2.05, 4.69) is 17.0 Å². The van der Waals surface area contributed by atoms with Crippen LogP contribution in [0.2, 0.25) is 0 Å². The van der Waals surface area contributed by atoms with Gasteiger partial charge in [0, 0.05) is 46.5 Å². The average Bonchev–Trinajstić information content (AvgIpc) is 3.54. The van der Waals surface area contributed by atoms with Crippen LogP contribution in [0.25, 0.3) is 28.0 Å². The Balaban J connectivity index is 1.32. The van der Waals surface area contributed by atoms with E-state index >= 15 is 0 Å². The highest BCUT2D eigenvalue weighted by Crippen LogP contribution is 2.44. The third-order valence-corrected chi connectivity index (χ3v) is 8.48. The number of ether oxygens (including phenoxy) is 1. The van der Waals surface area contributed by atoms with Crippen LogP contribution in [0.4, 0.5) is 5.82 Å². The number of methoxy groups -OCH3 is 1. The Morgan fingerprint density at radius 1 is 1.10 bits per heavy atom. The summed E-state index contributed by atoms with van der Waals surface area (Å²) in [5, 5.41) is 12.7. The number of hydrogen-bond acceptors (Lipinski definition) is 7. The number of rotatable bonds is 5. The molecule has 42 heavy (non-hydrogen) atoms. The summed E-state index contributed by atoms with van der Waals surface area (Å²) in [6, 6.07) is 11.9. The molecule has 0 saturated carbocycles. The number of carbonyl (C=O) groups excluding carboxylic acids is 1. The number of aromatic nitrogens is 4. The number of carbonyl (C=O) groups is 1. The van der Waals surface area contributed by atoms with Crippen LogP contribution in [0.5, 0.6) is 5.75 Å². The monoisotopic (exact) mass is 565 g/mol. The molecule has 2 aliphatic rings. The summed E-state index contributed by atoms with van der Waals surface area (Å²) < 4.78 is 6.98. The van der Waals surface area contributed by atoms with E-state index in [1.807, 2.05) is 47.5 Å². The molecule has 6 rings (SSSR count). The van der Waals surface area contributed by atoms with Gasteiger partial charge >= 0.3 is 0 Å². The first-order valence-electron chi connectivity index (χ1n) is 14.3. The molecule has 2 saturated heterocycles. The van der Waals surface area contributed by atoms with E-state index in [0.29, 0.717) is 11.5 Å². The second kappa shape index (κ2) is 10.9. The summed E-state index contributed by atoms with van der Waals surface area (Å²) in [6.45, 7) is 3.66. The van der Waals surface area contributed by atoms with Crippen molar-refractivity contribution in [3.8, 4) is 28.1 Å². The number of anilines is 1. The molecule has 2 bridgehead atoms. The summed E-state index contributed by atoms with van der Waals surface area (Å²) in [5.74, 6) is 1.08. The Morgan fingerprint density at radius 3 is 2.38 bits per heavy atom. The van der Waals surface area contributed by atoms with Gasteiger partial charge in [0.05, 0.1) is 30.5 Å². The number of piperidine rings is 1. The minimum atomic E-state index is -0.354. The van der Waals surface area contributed by atoms with Crippen molar-refractivity contribution in [2.24, 2.45) is 10.7 Å². The highest BCUT2D eigenvalue weighted by molar-refractivity contribution is 6.38. The molecule has 11 heteroatoms. The second-order valence-electron chi connectivity index (χ2n) is 11.0. The average molecular weight is 566 g/mol. The summed E-state index contributed by atoms with van der Waals surface area (Å²) in [5.41, 5.74) is 18.6. The lowest BCUT2D eigenvalue weighted by Gasteiger charge is -2.39. The smallest absolute Gasteiger partial charge is 0.291 e. The number of nitrogens with two attached hydrogens (primary N) is 2. The number of nitrogen functional groups attached to an aromatic ring is 1. The Bertz CT molecular complexity index is 1670. The van der Waals surface area contributed by atoms with Crippen LogP contribution >= 0.6 is 0 Å². The molecule has 5 N–H and O–H groups in total. The maximum atomic E-state index is 13.1. The quantitative estimate of drug-likeness (QED) is 0.241. The molecule has 1 amide bonds. The van der Waals surface area contributed by atoms with Gasteiger partial charge in [-0.2, -0.15) is 9.61 Å². The van der Waals surface area contributed by atoms with E-state index in [1.165, 1.54) is 0 Å². The largest absolute Gasteiger partial charge is 0.497 e. The van der Waals surface area contributed by atoms with Gasteiger partial charge in [0.2, 0.25) is 5.84 Å². The van der Waals surface area contributed by atoms with E-state index < -0.39 is 0 Å². The standard InChI is InChI=1S/C31H35N9O2/c1-4-24-27(20-13-21-8-9-22(14-20)39(21)31(41)28(33)37-17(2)32)38-30-25(16-36-40(30)29(24)34)19-7-12-26(35-15-19)18-5-10-23(42-3)11-6-18/h5-7,10-12,15-16,20-22H,4,8-9,13-14,34H2,1-3H3,(H3,32,33,37). The highest BCUT2D eigenvalue weighted by Gasteiger charge is 2.45. The number of aliphatic imine (C=N–C) groups is 1. The molecule has 2 fully saturated rings. The zero-order valence-electron chi connectivity index (χ0n) is 24.0. The van der Waals surface area contributed by atoms with Crippen molar-refractivity contribution in [1.29, 1.82) is 5.41 Å². The van der Waals surface area contributed by atoms with Crippen LogP contribution in [-0.2, 0) is 11.2 Å². The molecule has 3 aromatic heterocycles. The maximum Gasteiger partial charge on any atom is 0.291 e. The van der Waals surface area contributed by atoms with Gasteiger partial charge in [0.1, 0.15) is 11.6 Å². The zero-order chi connectivity index (χ0) is 29.5. The fourth-order valence-electron chi connectivity index (χ4n) is 6.53. The van der Waals surface area contributed by atoms with Crippen molar-refractivity contribution in [2.45, 2.75) is 64.0 Å². The van der Waals surface area contributed by atoms with E-state index in [0.717, 1.165) is 71.5 Å². The van der Waals surface area contributed by atoms with Crippen molar-refractivity contribution in [3.63, 3.8) is 0 Å². The topological polar surface area (TPSA) is 161 Å². The zero-order valence-corrected chi connectivity index (χ0v) is 24.0. The first-order chi connectivity index (χ1) is 20.3. The lowest BCUT2D eigenvalue weighted by Crippen LogP contribution is -2.48. The predicted octanol–water partition coefficient (Wildman–Crippen LogP) is 4.20. The van der Waals surface area contributed by atoms with Gasteiger partial charge in [-0.15, -0.1) is 0 Å². The number of fused-ring (bicyclic) bond motifs is 3. The van der Waals surface area contributed by atoms with E-state index in [4.69, 9.17) is 31.6 Å². The predicted molar refractivity (Wildman–Crippen MR) is 163 cm³/mol. The Kier molecular flexibility index (Phi) is 7.09. The second-order valence-corrected chi connectivity index (χ2v) is 11.0. The van der Waals surface area contributed by atoms with Crippen molar-refractivity contribution < 1.29 is 9.53 Å². The highest BCUT2D eigenvalue weighted by atomic mass is 16.5. The first-order valence-corrected chi connectivity index (χ1v) is 14.3. The van der Waals surface area contributed by atoms with Gasteiger partial charge in [0.25, 0.3) is 5.91 Å². The van der Waals surface area contributed by atoms with Gasteiger partial charge in [-0.05, 0) is 69.4 Å². The third-order valence-electron chi connectivity index (χ3n) is 8.48. The molecule has 2 atom stereocenters. The minimum Gasteiger partial charge on any atom is -0.497 e. The molecule has 1 aromatic carbocycles. The molecule has 11 nitrogen and oxygen atoms in total. The van der Waals surface area contributed by atoms with Gasteiger partial charge in [-0.3, -0.25) is 15.2 Å². The van der Waals surface area contributed by atoms with Crippen LogP contribution in [0.3, 0.4) is 0 Å². The van der Waals surface area contributed by atoms with E-state index in [1.54, 1.807) is 24.7 Å². The van der Waals surface area contributed by atoms with E-state index in [9.17, 15) is 4.79 Å². The number of amidine groups is 2. The normalized spacial score (nSPS) is 20.2. The Labute approximate surface area is 244 Å². The fourth-order valence-corrected chi connectivity index (χ4v) is 6.53. The molecule has 4 aromatic rings. The Hall–Kier alpha value is -4.80. The lowest BCUT2D eigenvalue weighted by atomic mass is 9.85. The summed E-state index contributed by atoms with van der Waals surface area (Å²) in [6.07, 6.45) is 7.68. The molecular weight excluding hydrogens is 530 g/mol. The molecule has 5 heterocycles. The van der Waals surface area contributed by atoms with Crippen LogP contribution in [-0.4, -0.2) is 61.3 Å². The molecule has 0 radical (unpaired) electrons. The number of hydrogen-bond donors (Lipinski definition) is 3. The number of nitrogens with zero attached hydrogens (tertiary/aromatic N) is 6. The van der Waals surface area contributed by atoms with Gasteiger partial charge in [-0.25, -0.2) is 9.98 Å². The number of pyridine rings is 1. The Morgan fingerprint density at radius 2 is 1.79 bits per heavy atom. The molecule has 2 unspecified atom stereocenters. The van der Waals surface area contributed by atoms with Gasteiger partial charge < -0.3 is 21.1 Å². The van der Waals surface area contributed by atoms with Crippen LogP contribution in [0, 0.1) is 5.41 Å².